The molecule has 0 bridgehead atoms. The number of aromatic nitrogens is 3. The minimum absolute atomic E-state index is 0.153. The summed E-state index contributed by atoms with van der Waals surface area (Å²) in [5.74, 6) is 3.61. The zero-order chi connectivity index (χ0) is 14.8. The van der Waals surface area contributed by atoms with E-state index in [1.807, 2.05) is 73.7 Å². The van der Waals surface area contributed by atoms with Gasteiger partial charge in [-0.15, -0.1) is 0 Å². The van der Waals surface area contributed by atoms with Gasteiger partial charge in [-0.1, -0.05) is 44.9 Å². The van der Waals surface area contributed by atoms with Gasteiger partial charge in [0.1, 0.15) is 12.4 Å². The van der Waals surface area contributed by atoms with Crippen LogP contribution in [0.5, 0.6) is 0 Å². The monoisotopic (exact) mass is 381 g/mol. The Balaban J connectivity index is 2.67. The van der Waals surface area contributed by atoms with Crippen LogP contribution in [0, 0.1) is 9.85 Å². The fourth-order valence-electron chi connectivity index (χ4n) is 1.91. The van der Waals surface area contributed by atoms with E-state index in [9.17, 15) is 4.79 Å². The Kier molecular flexibility index (Phi) is 4.33. The van der Waals surface area contributed by atoms with Gasteiger partial charge in [0.25, 0.3) is 0 Å². The molecule has 2 rings (SSSR count). The van der Waals surface area contributed by atoms with E-state index in [4.69, 9.17) is 0 Å². The van der Waals surface area contributed by atoms with E-state index in [1.165, 1.54) is 4.68 Å². The number of halogens is 1. The lowest BCUT2D eigenvalue weighted by Gasteiger charge is -2.17. The lowest BCUT2D eigenvalue weighted by Crippen LogP contribution is -2.26. The van der Waals surface area contributed by atoms with Crippen LogP contribution in [0.1, 0.15) is 26.6 Å². The van der Waals surface area contributed by atoms with Gasteiger partial charge in [0.2, 0.25) is 0 Å². The SMILES string of the molecule is CC(C)(C)c1nn(CC#CI)c(=O)n1-c1ccccc1. The summed E-state index contributed by atoms with van der Waals surface area (Å²) in [6.45, 7) is 6.44. The molecular weight excluding hydrogens is 365 g/mol. The normalized spacial score (nSPS) is 11.0. The summed E-state index contributed by atoms with van der Waals surface area (Å²) in [7, 11) is 0. The van der Waals surface area contributed by atoms with Crippen LogP contribution in [-0.2, 0) is 12.0 Å². The predicted molar refractivity (Wildman–Crippen MR) is 88.3 cm³/mol. The fraction of sp³-hybridized carbons (Fsp3) is 0.333. The maximum absolute atomic E-state index is 12.5. The molecule has 0 aliphatic carbocycles. The van der Waals surface area contributed by atoms with Gasteiger partial charge in [0.15, 0.2) is 0 Å². The fourth-order valence-corrected chi connectivity index (χ4v) is 2.08. The molecule has 1 aromatic carbocycles. The minimum Gasteiger partial charge on any atom is -0.246 e. The van der Waals surface area contributed by atoms with Gasteiger partial charge in [0, 0.05) is 28.0 Å². The largest absolute Gasteiger partial charge is 0.351 e. The van der Waals surface area contributed by atoms with Crippen molar-refractivity contribution in [1.29, 1.82) is 0 Å². The highest BCUT2D eigenvalue weighted by molar-refractivity contribution is 14.1. The van der Waals surface area contributed by atoms with Crippen LogP contribution in [-0.4, -0.2) is 14.3 Å². The van der Waals surface area contributed by atoms with Crippen LogP contribution in [0.15, 0.2) is 35.1 Å². The van der Waals surface area contributed by atoms with Gasteiger partial charge < -0.3 is 0 Å². The van der Waals surface area contributed by atoms with Crippen molar-refractivity contribution in [3.05, 3.63) is 46.6 Å². The lowest BCUT2D eigenvalue weighted by atomic mass is 9.95. The highest BCUT2D eigenvalue weighted by Crippen LogP contribution is 2.21. The third-order valence-corrected chi connectivity index (χ3v) is 3.20. The average molecular weight is 381 g/mol. The first kappa shape index (κ1) is 14.9. The molecule has 20 heavy (non-hydrogen) atoms. The molecular formula is C15H16IN3O. The standard InChI is InChI=1S/C15H16IN3O/c1-15(2,3)13-17-18(11-7-10-16)14(20)19(13)12-8-5-4-6-9-12/h4-6,8-9H,11H2,1-3H3. The van der Waals surface area contributed by atoms with Gasteiger partial charge in [-0.2, -0.15) is 5.10 Å². The number of nitrogens with zero attached hydrogens (tertiary/aromatic N) is 3. The first-order valence-corrected chi connectivity index (χ1v) is 7.37. The summed E-state index contributed by atoms with van der Waals surface area (Å²) in [5.41, 5.74) is 0.453. The van der Waals surface area contributed by atoms with Gasteiger partial charge in [-0.25, -0.2) is 14.0 Å². The summed E-state index contributed by atoms with van der Waals surface area (Å²) >= 11 is 1.96. The van der Waals surface area contributed by atoms with Crippen LogP contribution in [0.2, 0.25) is 0 Å². The lowest BCUT2D eigenvalue weighted by molar-refractivity contribution is 0.524. The maximum atomic E-state index is 12.5. The van der Waals surface area contributed by atoms with E-state index in [2.05, 4.69) is 14.9 Å². The second kappa shape index (κ2) is 5.83. The molecule has 0 unspecified atom stereocenters. The number of hydrogen-bond donors (Lipinski definition) is 0. The summed E-state index contributed by atoms with van der Waals surface area (Å²) in [6.07, 6.45) is 0. The molecule has 1 aromatic heterocycles. The molecule has 0 N–H and O–H groups in total. The number of rotatable bonds is 2. The molecule has 104 valence electrons. The maximum Gasteiger partial charge on any atom is 0.351 e. The van der Waals surface area contributed by atoms with Gasteiger partial charge in [-0.3, -0.25) is 0 Å². The second-order valence-electron chi connectivity index (χ2n) is 5.46. The van der Waals surface area contributed by atoms with E-state index in [0.29, 0.717) is 6.54 Å². The van der Waals surface area contributed by atoms with Crippen LogP contribution in [0.4, 0.5) is 0 Å². The number of para-hydroxylation sites is 1. The van der Waals surface area contributed by atoms with E-state index < -0.39 is 0 Å². The highest BCUT2D eigenvalue weighted by Gasteiger charge is 2.25. The molecule has 2 aromatic rings. The molecule has 0 saturated carbocycles. The van der Waals surface area contributed by atoms with Crippen molar-refractivity contribution < 1.29 is 0 Å². The molecule has 0 atom stereocenters. The molecule has 4 nitrogen and oxygen atoms in total. The molecule has 0 aliphatic rings. The Hall–Kier alpha value is -1.55. The minimum atomic E-state index is -0.224. The Bertz CT molecular complexity index is 712. The molecule has 0 saturated heterocycles. The zero-order valence-electron chi connectivity index (χ0n) is 11.7. The summed E-state index contributed by atoms with van der Waals surface area (Å²) < 4.78 is 5.84. The van der Waals surface area contributed by atoms with Gasteiger partial charge in [-0.05, 0) is 16.1 Å². The van der Waals surface area contributed by atoms with Crippen LogP contribution in [0.3, 0.4) is 0 Å². The topological polar surface area (TPSA) is 39.8 Å². The van der Waals surface area contributed by atoms with E-state index >= 15 is 0 Å². The zero-order valence-corrected chi connectivity index (χ0v) is 13.9. The number of hydrogen-bond acceptors (Lipinski definition) is 2. The molecule has 0 amide bonds. The smallest absolute Gasteiger partial charge is 0.246 e. The Morgan fingerprint density at radius 2 is 1.90 bits per heavy atom. The number of benzene rings is 1. The van der Waals surface area contributed by atoms with E-state index in [-0.39, 0.29) is 11.1 Å². The van der Waals surface area contributed by atoms with Crippen molar-refractivity contribution in [2.45, 2.75) is 32.7 Å². The Morgan fingerprint density at radius 3 is 2.45 bits per heavy atom. The quantitative estimate of drug-likeness (QED) is 0.593. The average Bonchev–Trinajstić information content (AvgIpc) is 2.74. The Morgan fingerprint density at radius 1 is 1.25 bits per heavy atom. The van der Waals surface area contributed by atoms with E-state index in [1.54, 1.807) is 4.57 Å². The van der Waals surface area contributed by atoms with Crippen molar-refractivity contribution in [3.63, 3.8) is 0 Å². The van der Waals surface area contributed by atoms with Crippen molar-refractivity contribution in [3.8, 4) is 15.5 Å². The summed E-state index contributed by atoms with van der Waals surface area (Å²) in [6, 6.07) is 9.57. The molecule has 0 spiro atoms. The molecule has 5 heteroatoms. The third-order valence-electron chi connectivity index (χ3n) is 2.82. The van der Waals surface area contributed by atoms with Gasteiger partial charge in [0.05, 0.1) is 5.69 Å². The molecule has 0 fully saturated rings. The van der Waals surface area contributed by atoms with Crippen LogP contribution in [0.25, 0.3) is 5.69 Å². The van der Waals surface area contributed by atoms with Crippen LogP contribution >= 0.6 is 22.6 Å². The summed E-state index contributed by atoms with van der Waals surface area (Å²) in [5, 5.41) is 4.46. The predicted octanol–water partition coefficient (Wildman–Crippen LogP) is 2.73. The van der Waals surface area contributed by atoms with Gasteiger partial charge >= 0.3 is 5.69 Å². The Labute approximate surface area is 132 Å². The third kappa shape index (κ3) is 2.96. The molecule has 0 radical (unpaired) electrons. The summed E-state index contributed by atoms with van der Waals surface area (Å²) in [4.78, 5) is 12.5. The highest BCUT2D eigenvalue weighted by atomic mass is 127. The second-order valence-corrected chi connectivity index (χ2v) is 6.00. The molecule has 0 aliphatic heterocycles. The molecule has 1 heterocycles. The van der Waals surface area contributed by atoms with Crippen LogP contribution < -0.4 is 5.69 Å². The van der Waals surface area contributed by atoms with Crippen molar-refractivity contribution >= 4 is 22.6 Å². The first-order chi connectivity index (χ1) is 9.45. The van der Waals surface area contributed by atoms with Crippen molar-refractivity contribution in [1.82, 2.24) is 14.3 Å². The van der Waals surface area contributed by atoms with Crippen molar-refractivity contribution in [2.24, 2.45) is 0 Å². The van der Waals surface area contributed by atoms with E-state index in [0.717, 1.165) is 11.5 Å². The van der Waals surface area contributed by atoms with Crippen molar-refractivity contribution in [2.75, 3.05) is 0 Å². The first-order valence-electron chi connectivity index (χ1n) is 6.29.